The standard InChI is InChI=1S/C8H9F2NO3/c1-2-3-4-11-5(7(9)10)6(14-4)8(12)13/h7H,2-3H2,1H3,(H,12,13). The van der Waals surface area contributed by atoms with Gasteiger partial charge in [0.05, 0.1) is 0 Å². The second-order valence-corrected chi connectivity index (χ2v) is 2.68. The topological polar surface area (TPSA) is 63.3 Å². The lowest BCUT2D eigenvalue weighted by Crippen LogP contribution is -1.99. The van der Waals surface area contributed by atoms with Crippen molar-refractivity contribution in [2.75, 3.05) is 0 Å². The molecule has 1 N–H and O–H groups in total. The molecule has 4 nitrogen and oxygen atoms in total. The highest BCUT2D eigenvalue weighted by Crippen LogP contribution is 2.23. The van der Waals surface area contributed by atoms with Crippen LogP contribution in [0.2, 0.25) is 0 Å². The molecule has 1 aromatic rings. The number of hydrogen-bond donors (Lipinski definition) is 1. The van der Waals surface area contributed by atoms with Gasteiger partial charge in [-0.3, -0.25) is 0 Å². The number of aromatic nitrogens is 1. The summed E-state index contributed by atoms with van der Waals surface area (Å²) in [5.41, 5.74) is -0.791. The Morgan fingerprint density at radius 1 is 1.64 bits per heavy atom. The maximum Gasteiger partial charge on any atom is 0.374 e. The molecular weight excluding hydrogens is 196 g/mol. The molecule has 14 heavy (non-hydrogen) atoms. The molecule has 1 aromatic heterocycles. The summed E-state index contributed by atoms with van der Waals surface area (Å²) in [6.07, 6.45) is -1.91. The maximum atomic E-state index is 12.3. The van der Waals surface area contributed by atoms with Gasteiger partial charge in [-0.25, -0.2) is 18.6 Å². The molecule has 1 heterocycles. The Morgan fingerprint density at radius 2 is 2.29 bits per heavy atom. The fourth-order valence-electron chi connectivity index (χ4n) is 1.000. The minimum atomic E-state index is -2.92. The van der Waals surface area contributed by atoms with Crippen molar-refractivity contribution >= 4 is 5.97 Å². The molecule has 0 aliphatic rings. The number of carbonyl (C=O) groups is 1. The Bertz CT molecular complexity index is 335. The van der Waals surface area contributed by atoms with Crippen LogP contribution in [-0.4, -0.2) is 16.1 Å². The van der Waals surface area contributed by atoms with Crippen molar-refractivity contribution < 1.29 is 23.1 Å². The van der Waals surface area contributed by atoms with Crippen LogP contribution in [0.1, 0.15) is 41.9 Å². The first-order valence-corrected chi connectivity index (χ1v) is 4.07. The third-order valence-electron chi connectivity index (χ3n) is 1.56. The Labute approximate surface area is 78.6 Å². The van der Waals surface area contributed by atoms with E-state index in [2.05, 4.69) is 9.40 Å². The van der Waals surface area contributed by atoms with Crippen molar-refractivity contribution in [3.05, 3.63) is 17.3 Å². The summed E-state index contributed by atoms with van der Waals surface area (Å²) in [5, 5.41) is 8.53. The second-order valence-electron chi connectivity index (χ2n) is 2.68. The molecule has 0 aliphatic carbocycles. The molecule has 0 bridgehead atoms. The van der Waals surface area contributed by atoms with E-state index in [0.717, 1.165) is 0 Å². The lowest BCUT2D eigenvalue weighted by atomic mass is 10.3. The van der Waals surface area contributed by atoms with Gasteiger partial charge in [-0.05, 0) is 6.42 Å². The first-order valence-electron chi connectivity index (χ1n) is 4.07. The van der Waals surface area contributed by atoms with E-state index >= 15 is 0 Å². The predicted molar refractivity (Wildman–Crippen MR) is 42.4 cm³/mol. The van der Waals surface area contributed by atoms with Gasteiger partial charge in [0, 0.05) is 6.42 Å². The zero-order valence-corrected chi connectivity index (χ0v) is 7.46. The fourth-order valence-corrected chi connectivity index (χ4v) is 1.000. The summed E-state index contributed by atoms with van der Waals surface area (Å²) in [4.78, 5) is 13.9. The Hall–Kier alpha value is -1.46. The summed E-state index contributed by atoms with van der Waals surface area (Å²) in [6.45, 7) is 1.81. The van der Waals surface area contributed by atoms with E-state index in [1.165, 1.54) is 0 Å². The number of alkyl halides is 2. The van der Waals surface area contributed by atoms with Crippen molar-refractivity contribution in [3.8, 4) is 0 Å². The minimum Gasteiger partial charge on any atom is -0.475 e. The first-order chi connectivity index (χ1) is 6.56. The number of aromatic carboxylic acids is 1. The monoisotopic (exact) mass is 205 g/mol. The smallest absolute Gasteiger partial charge is 0.374 e. The number of carboxylic acid groups (broad SMARTS) is 1. The molecule has 0 aromatic carbocycles. The van der Waals surface area contributed by atoms with Crippen LogP contribution in [-0.2, 0) is 6.42 Å². The van der Waals surface area contributed by atoms with E-state index in [0.29, 0.717) is 12.8 Å². The van der Waals surface area contributed by atoms with Crippen LogP contribution in [0.15, 0.2) is 4.42 Å². The maximum absolute atomic E-state index is 12.3. The van der Waals surface area contributed by atoms with Crippen LogP contribution >= 0.6 is 0 Å². The van der Waals surface area contributed by atoms with Crippen molar-refractivity contribution in [3.63, 3.8) is 0 Å². The van der Waals surface area contributed by atoms with E-state index in [4.69, 9.17) is 5.11 Å². The summed E-state index contributed by atoms with van der Waals surface area (Å²) in [6, 6.07) is 0. The van der Waals surface area contributed by atoms with E-state index in [1.807, 2.05) is 6.92 Å². The quantitative estimate of drug-likeness (QED) is 0.818. The lowest BCUT2D eigenvalue weighted by molar-refractivity contribution is 0.0644. The number of nitrogens with zero attached hydrogens (tertiary/aromatic N) is 1. The van der Waals surface area contributed by atoms with Crippen molar-refractivity contribution in [2.24, 2.45) is 0 Å². The Balaban J connectivity index is 3.06. The molecule has 0 atom stereocenters. The average Bonchev–Trinajstić information content (AvgIpc) is 2.49. The van der Waals surface area contributed by atoms with Crippen LogP contribution in [0.4, 0.5) is 8.78 Å². The van der Waals surface area contributed by atoms with Gasteiger partial charge in [-0.1, -0.05) is 6.92 Å². The highest BCUT2D eigenvalue weighted by atomic mass is 19.3. The minimum absolute atomic E-state index is 0.0419. The molecule has 78 valence electrons. The Kier molecular flexibility index (Phi) is 3.16. The zero-order valence-electron chi connectivity index (χ0n) is 7.46. The molecule has 0 saturated heterocycles. The number of rotatable bonds is 4. The molecular formula is C8H9F2NO3. The van der Waals surface area contributed by atoms with Crippen LogP contribution in [0.25, 0.3) is 0 Å². The highest BCUT2D eigenvalue weighted by Gasteiger charge is 2.25. The fraction of sp³-hybridized carbons (Fsp3) is 0.500. The van der Waals surface area contributed by atoms with Gasteiger partial charge < -0.3 is 9.52 Å². The number of hydrogen-bond acceptors (Lipinski definition) is 3. The first kappa shape index (κ1) is 10.6. The number of halogens is 2. The van der Waals surface area contributed by atoms with Gasteiger partial charge in [0.25, 0.3) is 6.43 Å². The predicted octanol–water partition coefficient (Wildman–Crippen LogP) is 2.26. The van der Waals surface area contributed by atoms with Crippen molar-refractivity contribution in [1.29, 1.82) is 0 Å². The molecule has 0 spiro atoms. The molecule has 0 saturated carbocycles. The summed E-state index contributed by atoms with van der Waals surface area (Å²) >= 11 is 0. The van der Waals surface area contributed by atoms with E-state index in [1.54, 1.807) is 0 Å². The lowest BCUT2D eigenvalue weighted by Gasteiger charge is -1.91. The van der Waals surface area contributed by atoms with Crippen molar-refractivity contribution in [1.82, 2.24) is 4.98 Å². The Morgan fingerprint density at radius 3 is 2.64 bits per heavy atom. The highest BCUT2D eigenvalue weighted by molar-refractivity contribution is 5.85. The normalized spacial score (nSPS) is 10.9. The van der Waals surface area contributed by atoms with Crippen LogP contribution in [0.5, 0.6) is 0 Å². The van der Waals surface area contributed by atoms with Gasteiger partial charge in [-0.2, -0.15) is 0 Å². The number of aryl methyl sites for hydroxylation is 1. The third kappa shape index (κ3) is 2.07. The van der Waals surface area contributed by atoms with Gasteiger partial charge >= 0.3 is 5.97 Å². The van der Waals surface area contributed by atoms with Gasteiger partial charge in [0.15, 0.2) is 11.6 Å². The van der Waals surface area contributed by atoms with Gasteiger partial charge in [0.1, 0.15) is 0 Å². The van der Waals surface area contributed by atoms with Gasteiger partial charge in [-0.15, -0.1) is 0 Å². The molecule has 0 amide bonds. The van der Waals surface area contributed by atoms with E-state index in [-0.39, 0.29) is 5.89 Å². The van der Waals surface area contributed by atoms with E-state index < -0.39 is 23.8 Å². The van der Waals surface area contributed by atoms with Crippen LogP contribution < -0.4 is 0 Å². The largest absolute Gasteiger partial charge is 0.475 e. The van der Waals surface area contributed by atoms with Gasteiger partial charge in [0.2, 0.25) is 5.76 Å². The number of carboxylic acids is 1. The molecule has 6 heteroatoms. The molecule has 1 rings (SSSR count). The molecule has 0 unspecified atom stereocenters. The summed E-state index contributed by atoms with van der Waals surface area (Å²) in [5.74, 6) is -2.24. The second kappa shape index (κ2) is 4.17. The van der Waals surface area contributed by atoms with Crippen LogP contribution in [0.3, 0.4) is 0 Å². The molecule has 0 radical (unpaired) electrons. The number of oxazole rings is 1. The molecule has 0 fully saturated rings. The average molecular weight is 205 g/mol. The summed E-state index contributed by atoms with van der Waals surface area (Å²) < 4.78 is 29.2. The third-order valence-corrected chi connectivity index (χ3v) is 1.56. The molecule has 0 aliphatic heterocycles. The van der Waals surface area contributed by atoms with Crippen LogP contribution in [0, 0.1) is 0 Å². The summed E-state index contributed by atoms with van der Waals surface area (Å²) in [7, 11) is 0. The zero-order chi connectivity index (χ0) is 10.7. The van der Waals surface area contributed by atoms with Crippen molar-refractivity contribution in [2.45, 2.75) is 26.2 Å². The SMILES string of the molecule is CCCc1nc(C(F)F)c(C(=O)O)o1. The van der Waals surface area contributed by atoms with E-state index in [9.17, 15) is 13.6 Å².